The molecule has 1 atom stereocenters. The van der Waals surface area contributed by atoms with E-state index in [9.17, 15) is 14.3 Å². The number of thiazole rings is 1. The summed E-state index contributed by atoms with van der Waals surface area (Å²) in [5.74, 6) is 0.365. The maximum atomic E-state index is 13.4. The average molecular weight is 492 g/mol. The van der Waals surface area contributed by atoms with Crippen LogP contribution in [0.3, 0.4) is 0 Å². The van der Waals surface area contributed by atoms with Crippen molar-refractivity contribution < 1.29 is 19.0 Å². The molecule has 0 aliphatic carbocycles. The lowest BCUT2D eigenvalue weighted by molar-refractivity contribution is -0.0476. The number of fused-ring (bicyclic) bond motifs is 2. The van der Waals surface area contributed by atoms with E-state index in [-0.39, 0.29) is 11.8 Å². The van der Waals surface area contributed by atoms with Crippen LogP contribution in [-0.4, -0.2) is 39.7 Å². The van der Waals surface area contributed by atoms with Gasteiger partial charge in [0.25, 0.3) is 0 Å². The smallest absolute Gasteiger partial charge is 0.323 e. The summed E-state index contributed by atoms with van der Waals surface area (Å²) >= 11 is 4.76. The van der Waals surface area contributed by atoms with Gasteiger partial charge in [-0.05, 0) is 40.2 Å². The molecule has 0 bridgehead atoms. The van der Waals surface area contributed by atoms with E-state index in [1.54, 1.807) is 11.0 Å². The quantitative estimate of drug-likeness (QED) is 0.497. The topological polar surface area (TPSA) is 74.7 Å². The number of nitrogens with zero attached hydrogens (tertiary/aromatic N) is 2. The zero-order valence-corrected chi connectivity index (χ0v) is 18.3. The number of ether oxygens (including phenoxy) is 1. The molecular weight excluding hydrogens is 473 g/mol. The first-order valence-corrected chi connectivity index (χ1v) is 11.3. The molecule has 2 N–H and O–H groups in total. The van der Waals surface area contributed by atoms with Crippen LogP contribution in [0.15, 0.2) is 40.9 Å². The normalized spacial score (nSPS) is 20.1. The number of anilines is 1. The highest BCUT2D eigenvalue weighted by molar-refractivity contribution is 9.10. The SMILES string of the molecule is O=C(Nc1nc2ccc(F)cc2s1)N1CCC2(CC1)CC(O)c1cccc(Br)c1O2. The lowest BCUT2D eigenvalue weighted by Gasteiger charge is -2.46. The number of aliphatic hydroxyl groups excluding tert-OH is 1. The van der Waals surface area contributed by atoms with Crippen LogP contribution in [0.5, 0.6) is 5.75 Å². The second-order valence-corrected chi connectivity index (χ2v) is 9.60. The summed E-state index contributed by atoms with van der Waals surface area (Å²) in [6.45, 7) is 1.02. The molecule has 2 amide bonds. The Morgan fingerprint density at radius 3 is 2.93 bits per heavy atom. The summed E-state index contributed by atoms with van der Waals surface area (Å²) in [5, 5.41) is 13.9. The molecule has 156 valence electrons. The van der Waals surface area contributed by atoms with Crippen LogP contribution in [0, 0.1) is 5.82 Å². The number of aliphatic hydroxyl groups is 1. The number of benzene rings is 2. The molecule has 9 heteroatoms. The Hall–Kier alpha value is -2.23. The Kier molecular flexibility index (Phi) is 4.91. The van der Waals surface area contributed by atoms with Gasteiger partial charge in [0.1, 0.15) is 17.2 Å². The number of likely N-dealkylation sites (tertiary alicyclic amines) is 1. The summed E-state index contributed by atoms with van der Waals surface area (Å²) in [6, 6.07) is 9.80. The Bertz CT molecular complexity index is 1130. The average Bonchev–Trinajstić information content (AvgIpc) is 3.10. The van der Waals surface area contributed by atoms with Crippen molar-refractivity contribution in [1.29, 1.82) is 0 Å². The molecule has 1 fully saturated rings. The van der Waals surface area contributed by atoms with Gasteiger partial charge in [0.05, 0.1) is 20.8 Å². The molecule has 1 aromatic heterocycles. The number of halogens is 2. The number of rotatable bonds is 1. The van der Waals surface area contributed by atoms with E-state index in [4.69, 9.17) is 4.74 Å². The number of aromatic nitrogens is 1. The van der Waals surface area contributed by atoms with Gasteiger partial charge in [-0.2, -0.15) is 0 Å². The van der Waals surface area contributed by atoms with Crippen LogP contribution in [-0.2, 0) is 0 Å². The Balaban J connectivity index is 1.26. The fourth-order valence-electron chi connectivity index (χ4n) is 4.16. The molecular formula is C21H19BrFN3O3S. The summed E-state index contributed by atoms with van der Waals surface area (Å²) in [7, 11) is 0. The van der Waals surface area contributed by atoms with Gasteiger partial charge in [-0.25, -0.2) is 14.2 Å². The summed E-state index contributed by atoms with van der Waals surface area (Å²) in [6.07, 6.45) is 1.18. The second-order valence-electron chi connectivity index (χ2n) is 7.71. The minimum absolute atomic E-state index is 0.234. The number of hydrogen-bond acceptors (Lipinski definition) is 5. The number of carbonyl (C=O) groups excluding carboxylic acids is 1. The summed E-state index contributed by atoms with van der Waals surface area (Å²) < 4.78 is 21.2. The molecule has 2 aliphatic heterocycles. The monoisotopic (exact) mass is 491 g/mol. The molecule has 3 aromatic rings. The third kappa shape index (κ3) is 3.55. The fourth-order valence-corrected chi connectivity index (χ4v) is 5.50. The van der Waals surface area contributed by atoms with Crippen molar-refractivity contribution >= 4 is 48.6 Å². The van der Waals surface area contributed by atoms with Crippen LogP contribution in [0.4, 0.5) is 14.3 Å². The maximum Gasteiger partial charge on any atom is 0.323 e. The van der Waals surface area contributed by atoms with Crippen molar-refractivity contribution in [3.05, 3.63) is 52.3 Å². The third-order valence-corrected chi connectivity index (χ3v) is 7.32. The van der Waals surface area contributed by atoms with E-state index < -0.39 is 11.7 Å². The molecule has 2 aliphatic rings. The maximum absolute atomic E-state index is 13.4. The van der Waals surface area contributed by atoms with Gasteiger partial charge < -0.3 is 14.7 Å². The first kappa shape index (κ1) is 19.7. The molecule has 2 aromatic carbocycles. The van der Waals surface area contributed by atoms with Gasteiger partial charge >= 0.3 is 6.03 Å². The van der Waals surface area contributed by atoms with Gasteiger partial charge in [-0.15, -0.1) is 0 Å². The number of hydrogen-bond donors (Lipinski definition) is 2. The molecule has 0 radical (unpaired) electrons. The van der Waals surface area contributed by atoms with Crippen molar-refractivity contribution in [3.8, 4) is 5.75 Å². The van der Waals surface area contributed by atoms with Gasteiger partial charge in [-0.3, -0.25) is 5.32 Å². The molecule has 0 saturated carbocycles. The molecule has 1 saturated heterocycles. The van der Waals surface area contributed by atoms with E-state index in [0.29, 0.717) is 53.4 Å². The first-order valence-electron chi connectivity index (χ1n) is 9.70. The minimum Gasteiger partial charge on any atom is -0.485 e. The number of carbonyl (C=O) groups is 1. The number of amides is 2. The predicted octanol–water partition coefficient (Wildman–Crippen LogP) is 5.08. The molecule has 1 unspecified atom stereocenters. The number of urea groups is 1. The predicted molar refractivity (Wildman–Crippen MR) is 116 cm³/mol. The number of para-hydroxylation sites is 1. The largest absolute Gasteiger partial charge is 0.485 e. The molecule has 30 heavy (non-hydrogen) atoms. The van der Waals surface area contributed by atoms with Gasteiger partial charge in [0, 0.05) is 37.9 Å². The molecule has 1 spiro atoms. The Morgan fingerprint density at radius 1 is 1.33 bits per heavy atom. The number of nitrogens with one attached hydrogen (secondary N) is 1. The highest BCUT2D eigenvalue weighted by atomic mass is 79.9. The zero-order valence-electron chi connectivity index (χ0n) is 15.9. The van der Waals surface area contributed by atoms with Crippen molar-refractivity contribution in [2.75, 3.05) is 18.4 Å². The third-order valence-electron chi connectivity index (χ3n) is 5.77. The van der Waals surface area contributed by atoms with E-state index in [0.717, 1.165) is 10.0 Å². The van der Waals surface area contributed by atoms with E-state index >= 15 is 0 Å². The summed E-state index contributed by atoms with van der Waals surface area (Å²) in [5.41, 5.74) is 0.964. The highest BCUT2D eigenvalue weighted by Crippen LogP contribution is 2.47. The second kappa shape index (κ2) is 7.47. The van der Waals surface area contributed by atoms with Crippen LogP contribution >= 0.6 is 27.3 Å². The van der Waals surface area contributed by atoms with Crippen molar-refractivity contribution in [2.24, 2.45) is 0 Å². The van der Waals surface area contributed by atoms with Crippen LogP contribution in [0.25, 0.3) is 10.2 Å². The molecule has 3 heterocycles. The lowest BCUT2D eigenvalue weighted by Crippen LogP contribution is -2.52. The van der Waals surface area contributed by atoms with Crippen LogP contribution < -0.4 is 10.1 Å². The Labute approximate surface area is 184 Å². The van der Waals surface area contributed by atoms with Crippen LogP contribution in [0.1, 0.15) is 30.9 Å². The molecule has 6 nitrogen and oxygen atoms in total. The zero-order chi connectivity index (χ0) is 20.9. The minimum atomic E-state index is -0.588. The first-order chi connectivity index (χ1) is 14.4. The van der Waals surface area contributed by atoms with Gasteiger partial charge in [0.2, 0.25) is 0 Å². The van der Waals surface area contributed by atoms with Crippen molar-refractivity contribution in [2.45, 2.75) is 31.0 Å². The fraction of sp³-hybridized carbons (Fsp3) is 0.333. The van der Waals surface area contributed by atoms with E-state index in [1.165, 1.54) is 23.5 Å². The molecule has 5 rings (SSSR count). The standard InChI is InChI=1S/C21H19BrFN3O3S/c22-14-3-1-2-13-16(27)11-21(29-18(13)14)6-8-26(9-7-21)20(28)25-19-24-15-5-4-12(23)10-17(15)30-19/h1-5,10,16,27H,6-9,11H2,(H,24,25,28). The van der Waals surface area contributed by atoms with Crippen molar-refractivity contribution in [3.63, 3.8) is 0 Å². The Morgan fingerprint density at radius 2 is 2.13 bits per heavy atom. The lowest BCUT2D eigenvalue weighted by atomic mass is 9.82. The van der Waals surface area contributed by atoms with Crippen LogP contribution in [0.2, 0.25) is 0 Å². The summed E-state index contributed by atoms with van der Waals surface area (Å²) in [4.78, 5) is 18.8. The van der Waals surface area contributed by atoms with E-state index in [2.05, 4.69) is 26.2 Å². The van der Waals surface area contributed by atoms with Gasteiger partial charge in [0.15, 0.2) is 5.13 Å². The van der Waals surface area contributed by atoms with Crippen molar-refractivity contribution in [1.82, 2.24) is 9.88 Å². The highest BCUT2D eigenvalue weighted by Gasteiger charge is 2.44. The number of piperidine rings is 1. The van der Waals surface area contributed by atoms with E-state index in [1.807, 2.05) is 18.2 Å². The van der Waals surface area contributed by atoms with Gasteiger partial charge in [-0.1, -0.05) is 23.5 Å².